The van der Waals surface area contributed by atoms with E-state index in [0.717, 1.165) is 13.1 Å². The second-order valence-electron chi connectivity index (χ2n) is 5.35. The van der Waals surface area contributed by atoms with Crippen molar-refractivity contribution in [3.63, 3.8) is 0 Å². The Bertz CT molecular complexity index is 445. The average Bonchev–Trinajstić information content (AvgIpc) is 2.55. The maximum atomic E-state index is 11.4. The van der Waals surface area contributed by atoms with Crippen molar-refractivity contribution in [3.05, 3.63) is 35.4 Å². The van der Waals surface area contributed by atoms with E-state index in [4.69, 9.17) is 5.73 Å². The average molecular weight is 261 g/mol. The quantitative estimate of drug-likeness (QED) is 0.859. The molecular formula is C15H23N3O. The maximum Gasteiger partial charge on any atom is 0.221 e. The number of benzene rings is 1. The van der Waals surface area contributed by atoms with Crippen LogP contribution in [-0.2, 0) is 4.79 Å². The zero-order chi connectivity index (χ0) is 13.8. The highest BCUT2D eigenvalue weighted by atomic mass is 16.1. The molecule has 0 aromatic heterocycles. The Balaban J connectivity index is 2.22. The predicted molar refractivity (Wildman–Crippen MR) is 76.8 cm³/mol. The third kappa shape index (κ3) is 3.55. The van der Waals surface area contributed by atoms with Gasteiger partial charge in [0.25, 0.3) is 0 Å². The molecule has 2 rings (SSSR count). The molecule has 4 nitrogen and oxygen atoms in total. The number of hydrogen-bond donors (Lipinski definition) is 2. The molecule has 19 heavy (non-hydrogen) atoms. The lowest BCUT2D eigenvalue weighted by Gasteiger charge is -2.33. The van der Waals surface area contributed by atoms with Crippen LogP contribution in [0.15, 0.2) is 24.3 Å². The van der Waals surface area contributed by atoms with E-state index in [9.17, 15) is 4.79 Å². The van der Waals surface area contributed by atoms with E-state index < -0.39 is 0 Å². The van der Waals surface area contributed by atoms with E-state index in [-0.39, 0.29) is 18.0 Å². The molecule has 1 aromatic rings. The first-order valence-corrected chi connectivity index (χ1v) is 6.91. The van der Waals surface area contributed by atoms with Crippen LogP contribution >= 0.6 is 0 Å². The molecule has 104 valence electrons. The van der Waals surface area contributed by atoms with E-state index in [1.54, 1.807) is 0 Å². The first-order valence-electron chi connectivity index (χ1n) is 6.91. The fourth-order valence-electron chi connectivity index (χ4n) is 2.76. The Morgan fingerprint density at radius 2 is 2.16 bits per heavy atom. The van der Waals surface area contributed by atoms with Gasteiger partial charge in [-0.3, -0.25) is 9.69 Å². The molecule has 2 atom stereocenters. The van der Waals surface area contributed by atoms with Crippen molar-refractivity contribution in [1.82, 2.24) is 10.2 Å². The van der Waals surface area contributed by atoms with Crippen LogP contribution in [0, 0.1) is 6.92 Å². The molecular weight excluding hydrogens is 238 g/mol. The van der Waals surface area contributed by atoms with Crippen LogP contribution in [0.5, 0.6) is 0 Å². The first-order chi connectivity index (χ1) is 9.08. The highest BCUT2D eigenvalue weighted by Crippen LogP contribution is 2.24. The van der Waals surface area contributed by atoms with E-state index in [1.807, 2.05) is 6.92 Å². The summed E-state index contributed by atoms with van der Waals surface area (Å²) in [4.78, 5) is 13.8. The normalized spacial score (nSPS) is 20.5. The van der Waals surface area contributed by atoms with Crippen LogP contribution in [0.4, 0.5) is 0 Å². The van der Waals surface area contributed by atoms with Gasteiger partial charge in [-0.1, -0.05) is 29.8 Å². The molecule has 1 amide bonds. The number of carbonyl (C=O) groups excluding carboxylic acids is 1. The lowest BCUT2D eigenvalue weighted by molar-refractivity contribution is -0.120. The van der Waals surface area contributed by atoms with E-state index in [0.29, 0.717) is 13.0 Å². The molecule has 3 N–H and O–H groups in total. The highest BCUT2D eigenvalue weighted by Gasteiger charge is 2.26. The van der Waals surface area contributed by atoms with Crippen LogP contribution in [0.1, 0.15) is 30.5 Å². The minimum atomic E-state index is 0.0370. The smallest absolute Gasteiger partial charge is 0.221 e. The Kier molecular flexibility index (Phi) is 4.56. The fraction of sp³-hybridized carbons (Fsp3) is 0.533. The van der Waals surface area contributed by atoms with Gasteiger partial charge in [-0.15, -0.1) is 0 Å². The van der Waals surface area contributed by atoms with Gasteiger partial charge in [0.05, 0.1) is 0 Å². The lowest BCUT2D eigenvalue weighted by atomic mass is 9.97. The first kappa shape index (κ1) is 14.0. The molecule has 1 saturated heterocycles. The summed E-state index contributed by atoms with van der Waals surface area (Å²) in [6.45, 7) is 6.45. The number of nitrogens with two attached hydrogens (primary N) is 1. The standard InChI is InChI=1S/C15H23N3O/c1-11-4-3-5-13(10-11)15(12(2)16)18-8-6-14(19)17-7-9-18/h3-5,10,12,15H,6-9,16H2,1-2H3,(H,17,19). The molecule has 1 fully saturated rings. The molecule has 0 spiro atoms. The van der Waals surface area contributed by atoms with E-state index >= 15 is 0 Å². The van der Waals surface area contributed by atoms with Crippen LogP contribution in [0.2, 0.25) is 0 Å². The molecule has 2 unspecified atom stereocenters. The van der Waals surface area contributed by atoms with Crippen LogP contribution in [0.3, 0.4) is 0 Å². The lowest BCUT2D eigenvalue weighted by Crippen LogP contribution is -2.41. The summed E-state index contributed by atoms with van der Waals surface area (Å²) in [6, 6.07) is 8.69. The zero-order valence-corrected chi connectivity index (χ0v) is 11.7. The van der Waals surface area contributed by atoms with Gasteiger partial charge < -0.3 is 11.1 Å². The highest BCUT2D eigenvalue weighted by molar-refractivity contribution is 5.76. The molecule has 1 aliphatic heterocycles. The number of nitrogens with one attached hydrogen (secondary N) is 1. The Morgan fingerprint density at radius 3 is 2.84 bits per heavy atom. The summed E-state index contributed by atoms with van der Waals surface area (Å²) in [5, 5.41) is 2.91. The molecule has 0 radical (unpaired) electrons. The summed E-state index contributed by atoms with van der Waals surface area (Å²) in [5.74, 6) is 0.134. The SMILES string of the molecule is Cc1cccc(C(C(C)N)N2CCNC(=O)CC2)c1. The van der Waals surface area contributed by atoms with E-state index in [2.05, 4.69) is 41.4 Å². The van der Waals surface area contributed by atoms with Crippen molar-refractivity contribution in [3.8, 4) is 0 Å². The molecule has 1 aromatic carbocycles. The van der Waals surface area contributed by atoms with Gasteiger partial charge in [-0.25, -0.2) is 0 Å². The monoisotopic (exact) mass is 261 g/mol. The largest absolute Gasteiger partial charge is 0.355 e. The topological polar surface area (TPSA) is 58.4 Å². The van der Waals surface area contributed by atoms with Gasteiger partial charge in [0.15, 0.2) is 0 Å². The third-order valence-electron chi connectivity index (χ3n) is 3.62. The molecule has 1 aliphatic rings. The Morgan fingerprint density at radius 1 is 1.37 bits per heavy atom. The second-order valence-corrected chi connectivity index (χ2v) is 5.35. The van der Waals surface area contributed by atoms with Crippen molar-refractivity contribution in [1.29, 1.82) is 0 Å². The van der Waals surface area contributed by atoms with Gasteiger partial charge in [0.1, 0.15) is 0 Å². The minimum absolute atomic E-state index is 0.0370. The fourth-order valence-corrected chi connectivity index (χ4v) is 2.76. The summed E-state index contributed by atoms with van der Waals surface area (Å²) in [7, 11) is 0. The van der Waals surface area contributed by atoms with Crippen molar-refractivity contribution in [2.45, 2.75) is 32.4 Å². The van der Waals surface area contributed by atoms with Gasteiger partial charge >= 0.3 is 0 Å². The Hall–Kier alpha value is -1.39. The second kappa shape index (κ2) is 6.17. The van der Waals surface area contributed by atoms with Crippen molar-refractivity contribution < 1.29 is 4.79 Å². The number of nitrogens with zero attached hydrogens (tertiary/aromatic N) is 1. The van der Waals surface area contributed by atoms with Gasteiger partial charge in [0, 0.05) is 38.1 Å². The molecule has 0 bridgehead atoms. The summed E-state index contributed by atoms with van der Waals surface area (Å²) >= 11 is 0. The number of hydrogen-bond acceptors (Lipinski definition) is 3. The Labute approximate surface area is 115 Å². The van der Waals surface area contributed by atoms with Gasteiger partial charge in [0.2, 0.25) is 5.91 Å². The maximum absolute atomic E-state index is 11.4. The van der Waals surface area contributed by atoms with Crippen LogP contribution < -0.4 is 11.1 Å². The molecule has 0 aliphatic carbocycles. The van der Waals surface area contributed by atoms with Crippen LogP contribution in [0.25, 0.3) is 0 Å². The predicted octanol–water partition coefficient (Wildman–Crippen LogP) is 1.21. The van der Waals surface area contributed by atoms with Crippen molar-refractivity contribution in [2.75, 3.05) is 19.6 Å². The number of aryl methyl sites for hydroxylation is 1. The third-order valence-corrected chi connectivity index (χ3v) is 3.62. The number of amides is 1. The van der Waals surface area contributed by atoms with Crippen LogP contribution in [-0.4, -0.2) is 36.5 Å². The minimum Gasteiger partial charge on any atom is -0.355 e. The molecule has 1 heterocycles. The van der Waals surface area contributed by atoms with Gasteiger partial charge in [-0.05, 0) is 19.4 Å². The number of carbonyl (C=O) groups is 1. The summed E-state index contributed by atoms with van der Waals surface area (Å²) in [5.41, 5.74) is 8.67. The molecule has 4 heteroatoms. The van der Waals surface area contributed by atoms with Crippen molar-refractivity contribution >= 4 is 5.91 Å². The zero-order valence-electron chi connectivity index (χ0n) is 11.7. The van der Waals surface area contributed by atoms with Crippen molar-refractivity contribution in [2.24, 2.45) is 5.73 Å². The van der Waals surface area contributed by atoms with E-state index in [1.165, 1.54) is 11.1 Å². The van der Waals surface area contributed by atoms with Gasteiger partial charge in [-0.2, -0.15) is 0 Å². The summed E-state index contributed by atoms with van der Waals surface area (Å²) < 4.78 is 0. The number of rotatable bonds is 3. The summed E-state index contributed by atoms with van der Waals surface area (Å²) in [6.07, 6.45) is 0.551. The molecule has 0 saturated carbocycles.